The number of hydrogen-bond acceptors (Lipinski definition) is 4. The topological polar surface area (TPSA) is 56.8 Å². The van der Waals surface area contributed by atoms with E-state index in [2.05, 4.69) is 4.99 Å². The lowest BCUT2D eigenvalue weighted by atomic mass is 9.78. The second-order valence-electron chi connectivity index (χ2n) is 5.98. The SMILES string of the molecule is CN=Cc1cc(B2OC(C)(C)C(C)(C)O2)cc(F)c1N. The van der Waals surface area contributed by atoms with Gasteiger partial charge in [-0.05, 0) is 39.2 Å². The fourth-order valence-electron chi connectivity index (χ4n) is 2.02. The lowest BCUT2D eigenvalue weighted by Gasteiger charge is -2.32. The van der Waals surface area contributed by atoms with Gasteiger partial charge < -0.3 is 15.0 Å². The number of aliphatic imine (C=N–C) groups is 1. The van der Waals surface area contributed by atoms with Crippen LogP contribution in [0.1, 0.15) is 33.3 Å². The second kappa shape index (κ2) is 4.86. The zero-order valence-electron chi connectivity index (χ0n) is 12.5. The molecule has 0 aromatic heterocycles. The first-order valence-corrected chi connectivity index (χ1v) is 6.54. The maximum Gasteiger partial charge on any atom is 0.494 e. The first-order valence-electron chi connectivity index (χ1n) is 6.54. The van der Waals surface area contributed by atoms with Crippen molar-refractivity contribution in [1.29, 1.82) is 0 Å². The van der Waals surface area contributed by atoms with Crippen molar-refractivity contribution < 1.29 is 13.7 Å². The monoisotopic (exact) mass is 278 g/mol. The molecule has 0 amide bonds. The summed E-state index contributed by atoms with van der Waals surface area (Å²) < 4.78 is 25.7. The van der Waals surface area contributed by atoms with E-state index in [-0.39, 0.29) is 5.69 Å². The van der Waals surface area contributed by atoms with E-state index in [1.54, 1.807) is 13.1 Å². The summed E-state index contributed by atoms with van der Waals surface area (Å²) in [6, 6.07) is 3.10. The number of halogens is 1. The molecule has 1 aliphatic heterocycles. The summed E-state index contributed by atoms with van der Waals surface area (Å²) in [4.78, 5) is 3.88. The minimum atomic E-state index is -0.612. The minimum absolute atomic E-state index is 0.0795. The Morgan fingerprint density at radius 3 is 2.25 bits per heavy atom. The molecule has 1 fully saturated rings. The molecule has 1 heterocycles. The third-order valence-electron chi connectivity index (χ3n) is 3.98. The highest BCUT2D eigenvalue weighted by atomic mass is 19.1. The van der Waals surface area contributed by atoms with Crippen LogP contribution >= 0.6 is 0 Å². The molecule has 2 rings (SSSR count). The van der Waals surface area contributed by atoms with Gasteiger partial charge >= 0.3 is 7.12 Å². The Bertz CT molecular complexity index is 542. The second-order valence-corrected chi connectivity index (χ2v) is 5.98. The fraction of sp³-hybridized carbons (Fsp3) is 0.500. The molecule has 0 unspecified atom stereocenters. The van der Waals surface area contributed by atoms with Crippen LogP contribution < -0.4 is 11.2 Å². The summed E-state index contributed by atoms with van der Waals surface area (Å²) in [6.07, 6.45) is 1.52. The Morgan fingerprint density at radius 1 is 1.20 bits per heavy atom. The van der Waals surface area contributed by atoms with Crippen molar-refractivity contribution in [2.24, 2.45) is 4.99 Å². The zero-order chi connectivity index (χ0) is 15.1. The average molecular weight is 278 g/mol. The van der Waals surface area contributed by atoms with Crippen molar-refractivity contribution in [3.8, 4) is 0 Å². The van der Waals surface area contributed by atoms with Crippen LogP contribution in [-0.4, -0.2) is 31.6 Å². The van der Waals surface area contributed by atoms with Gasteiger partial charge in [0.25, 0.3) is 0 Å². The summed E-state index contributed by atoms with van der Waals surface area (Å²) in [5.41, 5.74) is 5.97. The summed E-state index contributed by atoms with van der Waals surface area (Å²) >= 11 is 0. The summed E-state index contributed by atoms with van der Waals surface area (Å²) in [7, 11) is 0.998. The third-order valence-corrected chi connectivity index (χ3v) is 3.98. The average Bonchev–Trinajstić information content (AvgIpc) is 2.54. The molecule has 0 atom stereocenters. The Morgan fingerprint density at radius 2 is 1.75 bits per heavy atom. The molecule has 108 valence electrons. The lowest BCUT2D eigenvalue weighted by Crippen LogP contribution is -2.41. The number of rotatable bonds is 2. The first-order chi connectivity index (χ1) is 9.18. The number of anilines is 1. The van der Waals surface area contributed by atoms with Gasteiger partial charge in [-0.15, -0.1) is 0 Å². The fourth-order valence-corrected chi connectivity index (χ4v) is 2.02. The van der Waals surface area contributed by atoms with Gasteiger partial charge in [0.1, 0.15) is 5.82 Å². The highest BCUT2D eigenvalue weighted by Crippen LogP contribution is 2.36. The molecule has 0 bridgehead atoms. The number of nitrogens with zero attached hydrogens (tertiary/aromatic N) is 1. The van der Waals surface area contributed by atoms with Gasteiger partial charge in [-0.2, -0.15) is 0 Å². The van der Waals surface area contributed by atoms with Gasteiger partial charge in [-0.3, -0.25) is 4.99 Å². The molecule has 2 N–H and O–H groups in total. The van der Waals surface area contributed by atoms with Gasteiger partial charge in [0.2, 0.25) is 0 Å². The molecule has 0 aliphatic carbocycles. The van der Waals surface area contributed by atoms with Crippen LogP contribution in [-0.2, 0) is 9.31 Å². The summed E-state index contributed by atoms with van der Waals surface area (Å²) in [5, 5.41) is 0. The molecular formula is C14H20BFN2O2. The molecule has 0 radical (unpaired) electrons. The normalized spacial score (nSPS) is 20.8. The number of hydrogen-bond donors (Lipinski definition) is 1. The van der Waals surface area contributed by atoms with Gasteiger partial charge in [-0.25, -0.2) is 4.39 Å². The highest BCUT2D eigenvalue weighted by Gasteiger charge is 2.51. The predicted molar refractivity (Wildman–Crippen MR) is 80.0 cm³/mol. The van der Waals surface area contributed by atoms with Gasteiger partial charge in [0.05, 0.1) is 16.9 Å². The van der Waals surface area contributed by atoms with E-state index in [1.165, 1.54) is 12.3 Å². The zero-order valence-corrected chi connectivity index (χ0v) is 12.5. The van der Waals surface area contributed by atoms with E-state index in [4.69, 9.17) is 15.0 Å². The van der Waals surface area contributed by atoms with E-state index in [1.807, 2.05) is 27.7 Å². The van der Waals surface area contributed by atoms with E-state index in [0.717, 1.165) is 0 Å². The largest absolute Gasteiger partial charge is 0.494 e. The summed E-state index contributed by atoms with van der Waals surface area (Å²) in [5.74, 6) is -0.493. The first kappa shape index (κ1) is 15.0. The van der Waals surface area contributed by atoms with Crippen LogP contribution in [0, 0.1) is 5.82 Å². The highest BCUT2D eigenvalue weighted by molar-refractivity contribution is 6.62. The van der Waals surface area contributed by atoms with Crippen LogP contribution in [0.4, 0.5) is 10.1 Å². The molecule has 1 aromatic rings. The lowest BCUT2D eigenvalue weighted by molar-refractivity contribution is 0.00578. The predicted octanol–water partition coefficient (Wildman–Crippen LogP) is 1.76. The quantitative estimate of drug-likeness (QED) is 0.509. The van der Waals surface area contributed by atoms with Crippen molar-refractivity contribution in [1.82, 2.24) is 0 Å². The standard InChI is InChI=1S/C14H20BFN2O2/c1-13(2)14(3,4)20-15(19-13)10-6-9(8-18-5)12(17)11(16)7-10/h6-8H,17H2,1-5H3. The smallest absolute Gasteiger partial charge is 0.399 e. The Balaban J connectivity index is 2.41. The van der Waals surface area contributed by atoms with E-state index in [0.29, 0.717) is 11.0 Å². The van der Waals surface area contributed by atoms with Crippen molar-refractivity contribution in [2.75, 3.05) is 12.8 Å². The van der Waals surface area contributed by atoms with Crippen LogP contribution in [0.15, 0.2) is 17.1 Å². The van der Waals surface area contributed by atoms with Gasteiger partial charge in [0.15, 0.2) is 0 Å². The van der Waals surface area contributed by atoms with Gasteiger partial charge in [0, 0.05) is 18.8 Å². The van der Waals surface area contributed by atoms with Crippen LogP contribution in [0.2, 0.25) is 0 Å². The molecule has 1 aromatic carbocycles. The van der Waals surface area contributed by atoms with E-state index in [9.17, 15) is 4.39 Å². The molecule has 1 aliphatic rings. The minimum Gasteiger partial charge on any atom is -0.399 e. The number of nitrogen functional groups attached to an aromatic ring is 1. The molecule has 4 nitrogen and oxygen atoms in total. The van der Waals surface area contributed by atoms with Crippen molar-refractivity contribution in [2.45, 2.75) is 38.9 Å². The molecule has 0 spiro atoms. The van der Waals surface area contributed by atoms with Crippen LogP contribution in [0.3, 0.4) is 0 Å². The Labute approximate surface area is 119 Å². The molecule has 1 saturated heterocycles. The Hall–Kier alpha value is -1.40. The van der Waals surface area contributed by atoms with Crippen LogP contribution in [0.5, 0.6) is 0 Å². The van der Waals surface area contributed by atoms with Crippen molar-refractivity contribution in [3.05, 3.63) is 23.5 Å². The summed E-state index contributed by atoms with van der Waals surface area (Å²) in [6.45, 7) is 7.81. The van der Waals surface area contributed by atoms with Gasteiger partial charge in [-0.1, -0.05) is 6.07 Å². The van der Waals surface area contributed by atoms with Crippen molar-refractivity contribution in [3.63, 3.8) is 0 Å². The van der Waals surface area contributed by atoms with E-state index >= 15 is 0 Å². The maximum absolute atomic E-state index is 13.9. The third kappa shape index (κ3) is 2.45. The maximum atomic E-state index is 13.9. The Kier molecular flexibility index (Phi) is 3.65. The number of nitrogens with two attached hydrogens (primary N) is 1. The van der Waals surface area contributed by atoms with Crippen molar-refractivity contribution >= 4 is 24.5 Å². The van der Waals surface area contributed by atoms with E-state index < -0.39 is 24.1 Å². The molecule has 20 heavy (non-hydrogen) atoms. The number of benzene rings is 1. The molecule has 6 heteroatoms. The molecular weight excluding hydrogens is 258 g/mol. The molecule has 0 saturated carbocycles. The van der Waals surface area contributed by atoms with Crippen LogP contribution in [0.25, 0.3) is 0 Å².